The summed E-state index contributed by atoms with van der Waals surface area (Å²) in [5, 5.41) is 10.1. The van der Waals surface area contributed by atoms with Crippen LogP contribution in [0.3, 0.4) is 0 Å². The number of aromatic nitrogens is 1. The third kappa shape index (κ3) is 6.15. The first-order chi connectivity index (χ1) is 17.6. The second-order valence-electron chi connectivity index (χ2n) is 10.4. The van der Waals surface area contributed by atoms with Crippen LogP contribution >= 0.6 is 11.3 Å². The monoisotopic (exact) mass is 526 g/mol. The van der Waals surface area contributed by atoms with E-state index >= 15 is 0 Å². The average Bonchev–Trinajstić information content (AvgIpc) is 3.28. The van der Waals surface area contributed by atoms with Crippen LogP contribution in [0.25, 0.3) is 10.2 Å². The number of ether oxygens (including phenoxy) is 2. The molecule has 1 aromatic carbocycles. The van der Waals surface area contributed by atoms with Crippen LogP contribution in [0.2, 0.25) is 0 Å². The van der Waals surface area contributed by atoms with Gasteiger partial charge in [-0.1, -0.05) is 37.3 Å². The Bertz CT molecular complexity index is 1330. The van der Waals surface area contributed by atoms with Crippen LogP contribution in [0.1, 0.15) is 61.3 Å². The van der Waals surface area contributed by atoms with Crippen LogP contribution in [-0.4, -0.2) is 45.3 Å². The Hall–Kier alpha value is -3.33. The van der Waals surface area contributed by atoms with Gasteiger partial charge in [-0.2, -0.15) is 0 Å². The Morgan fingerprint density at radius 2 is 1.81 bits per heavy atom. The molecule has 1 aliphatic heterocycles. The summed E-state index contributed by atoms with van der Waals surface area (Å²) in [7, 11) is 0. The molecule has 1 fully saturated rings. The van der Waals surface area contributed by atoms with Crippen molar-refractivity contribution in [3.63, 3.8) is 0 Å². The summed E-state index contributed by atoms with van der Waals surface area (Å²) in [6.45, 7) is 9.17. The summed E-state index contributed by atoms with van der Waals surface area (Å²) in [4.78, 5) is 41.2. The van der Waals surface area contributed by atoms with E-state index in [2.05, 4.69) is 0 Å². The number of carboxylic acid groups (broad SMARTS) is 1. The summed E-state index contributed by atoms with van der Waals surface area (Å²) in [6.07, 6.45) is 1.86. The fourth-order valence-corrected chi connectivity index (χ4v) is 5.68. The van der Waals surface area contributed by atoms with Crippen LogP contribution in [0.4, 0.5) is 4.79 Å². The number of pyridine rings is 1. The van der Waals surface area contributed by atoms with Gasteiger partial charge >= 0.3 is 12.1 Å². The van der Waals surface area contributed by atoms with Gasteiger partial charge in [-0.15, -0.1) is 11.3 Å². The van der Waals surface area contributed by atoms with Crippen molar-refractivity contribution in [1.29, 1.82) is 0 Å². The van der Waals surface area contributed by atoms with Gasteiger partial charge in [-0.3, -0.25) is 4.79 Å². The van der Waals surface area contributed by atoms with Crippen molar-refractivity contribution >= 4 is 33.6 Å². The molecule has 198 valence electrons. The lowest BCUT2D eigenvalue weighted by molar-refractivity contribution is 0.0178. The normalized spacial score (nSPS) is 14.6. The van der Waals surface area contributed by atoms with Crippen LogP contribution in [0, 0.1) is 5.92 Å². The van der Waals surface area contributed by atoms with E-state index in [1.165, 1.54) is 11.3 Å². The number of carboxylic acids is 1. The zero-order valence-corrected chi connectivity index (χ0v) is 22.6. The van der Waals surface area contributed by atoms with Gasteiger partial charge in [-0.05, 0) is 57.6 Å². The molecule has 3 heterocycles. The molecule has 0 bridgehead atoms. The molecule has 1 saturated heterocycles. The van der Waals surface area contributed by atoms with Gasteiger partial charge in [0.05, 0.1) is 10.2 Å². The third-order valence-electron chi connectivity index (χ3n) is 6.44. The van der Waals surface area contributed by atoms with Crippen LogP contribution < -0.4 is 10.3 Å². The fourth-order valence-electron chi connectivity index (χ4n) is 4.55. The molecule has 2 aromatic heterocycles. The lowest BCUT2D eigenvalue weighted by Gasteiger charge is -2.33. The molecule has 4 rings (SSSR count). The number of thiophene rings is 1. The standard InChI is InChI=1S/C28H34N2O6S/c1-5-20-15-21-24(37-20)22(26(32)33)23(35-17-19-9-7-6-8-10-19)25(31)30(21)16-18-11-13-29(14-12-18)27(34)36-28(2,3)4/h6-10,15,18H,5,11-14,16-17H2,1-4H3,(H,32,33). The number of carbonyl (C=O) groups is 2. The number of hydrogen-bond donors (Lipinski definition) is 1. The number of amides is 1. The summed E-state index contributed by atoms with van der Waals surface area (Å²) < 4.78 is 13.6. The molecular formula is C28H34N2O6S. The van der Waals surface area contributed by atoms with Crippen molar-refractivity contribution < 1.29 is 24.2 Å². The molecule has 0 radical (unpaired) electrons. The molecule has 0 saturated carbocycles. The SMILES string of the molecule is CCc1cc2c(s1)c(C(=O)O)c(OCc1ccccc1)c(=O)n2CC1CCN(C(=O)OC(C)(C)C)CC1. The predicted octanol–water partition coefficient (Wildman–Crippen LogP) is 5.55. The minimum Gasteiger partial charge on any atom is -0.482 e. The Labute approximate surface area is 220 Å². The van der Waals surface area contributed by atoms with E-state index in [-0.39, 0.29) is 29.9 Å². The van der Waals surface area contributed by atoms with Crippen molar-refractivity contribution in [2.75, 3.05) is 13.1 Å². The highest BCUT2D eigenvalue weighted by Gasteiger charge is 2.30. The Balaban J connectivity index is 1.64. The second-order valence-corrected chi connectivity index (χ2v) is 11.5. The Kier molecular flexibility index (Phi) is 7.92. The molecule has 1 N–H and O–H groups in total. The molecule has 9 heteroatoms. The van der Waals surface area contributed by atoms with E-state index in [0.29, 0.717) is 29.9 Å². The van der Waals surface area contributed by atoms with Crippen molar-refractivity contribution in [1.82, 2.24) is 9.47 Å². The first-order valence-electron chi connectivity index (χ1n) is 12.6. The second kappa shape index (κ2) is 11.0. The van der Waals surface area contributed by atoms with Crippen molar-refractivity contribution in [3.8, 4) is 5.75 Å². The summed E-state index contributed by atoms with van der Waals surface area (Å²) in [5.41, 5.74) is 0.420. The van der Waals surface area contributed by atoms with Gasteiger partial charge < -0.3 is 24.0 Å². The zero-order valence-electron chi connectivity index (χ0n) is 21.8. The maximum atomic E-state index is 13.7. The highest BCUT2D eigenvalue weighted by molar-refractivity contribution is 7.19. The van der Waals surface area contributed by atoms with Gasteiger partial charge in [0, 0.05) is 24.5 Å². The van der Waals surface area contributed by atoms with Crippen molar-refractivity contribution in [3.05, 3.63) is 62.8 Å². The van der Waals surface area contributed by atoms with Crippen molar-refractivity contribution in [2.24, 2.45) is 5.92 Å². The minimum absolute atomic E-state index is 0.0726. The Morgan fingerprint density at radius 3 is 2.41 bits per heavy atom. The van der Waals surface area contributed by atoms with E-state index in [1.54, 1.807) is 9.47 Å². The largest absolute Gasteiger partial charge is 0.482 e. The lowest BCUT2D eigenvalue weighted by atomic mass is 9.96. The molecule has 0 aliphatic carbocycles. The molecule has 8 nitrogen and oxygen atoms in total. The van der Waals surface area contributed by atoms with Crippen LogP contribution in [-0.2, 0) is 24.3 Å². The summed E-state index contributed by atoms with van der Waals surface area (Å²) >= 11 is 1.39. The van der Waals surface area contributed by atoms with E-state index < -0.39 is 17.1 Å². The molecule has 0 spiro atoms. The topological polar surface area (TPSA) is 98.1 Å². The highest BCUT2D eigenvalue weighted by atomic mass is 32.1. The molecular weight excluding hydrogens is 492 g/mol. The molecule has 37 heavy (non-hydrogen) atoms. The molecule has 3 aromatic rings. The average molecular weight is 527 g/mol. The first-order valence-corrected chi connectivity index (χ1v) is 13.5. The quantitative estimate of drug-likeness (QED) is 0.434. The molecule has 1 aliphatic rings. The van der Waals surface area contributed by atoms with Crippen molar-refractivity contribution in [2.45, 2.75) is 65.7 Å². The number of rotatable bonds is 7. The zero-order chi connectivity index (χ0) is 26.7. The number of aromatic carboxylic acids is 1. The van der Waals surface area contributed by atoms with Gasteiger partial charge in [0.2, 0.25) is 5.75 Å². The number of likely N-dealkylation sites (tertiary alicyclic amines) is 1. The first kappa shape index (κ1) is 26.7. The number of hydrogen-bond acceptors (Lipinski definition) is 6. The summed E-state index contributed by atoms with van der Waals surface area (Å²) in [6, 6.07) is 11.3. The van der Waals surface area contributed by atoms with E-state index in [4.69, 9.17) is 9.47 Å². The predicted molar refractivity (Wildman–Crippen MR) is 144 cm³/mol. The highest BCUT2D eigenvalue weighted by Crippen LogP contribution is 2.34. The van der Waals surface area contributed by atoms with Gasteiger partial charge in [0.1, 0.15) is 17.8 Å². The van der Waals surface area contributed by atoms with Crippen LogP contribution in [0.5, 0.6) is 5.75 Å². The fraction of sp³-hybridized carbons (Fsp3) is 0.464. The van der Waals surface area contributed by atoms with E-state index in [1.807, 2.05) is 64.1 Å². The van der Waals surface area contributed by atoms with E-state index in [0.717, 1.165) is 29.7 Å². The molecule has 1 amide bonds. The van der Waals surface area contributed by atoms with Gasteiger partial charge in [0.25, 0.3) is 5.56 Å². The molecule has 0 unspecified atom stereocenters. The smallest absolute Gasteiger partial charge is 0.410 e. The Morgan fingerprint density at radius 1 is 1.14 bits per heavy atom. The number of benzene rings is 1. The number of piperidine rings is 1. The molecule has 0 atom stereocenters. The number of aryl methyl sites for hydroxylation is 1. The summed E-state index contributed by atoms with van der Waals surface area (Å²) in [5.74, 6) is -1.14. The van der Waals surface area contributed by atoms with Crippen LogP contribution in [0.15, 0.2) is 41.2 Å². The maximum Gasteiger partial charge on any atom is 0.410 e. The van der Waals surface area contributed by atoms with Gasteiger partial charge in [-0.25, -0.2) is 9.59 Å². The number of nitrogens with zero attached hydrogens (tertiary/aromatic N) is 2. The number of fused-ring (bicyclic) bond motifs is 1. The van der Waals surface area contributed by atoms with E-state index in [9.17, 15) is 19.5 Å². The maximum absolute atomic E-state index is 13.7. The minimum atomic E-state index is -1.17. The van der Waals surface area contributed by atoms with Gasteiger partial charge in [0.15, 0.2) is 0 Å². The third-order valence-corrected chi connectivity index (χ3v) is 7.73. The number of carbonyl (C=O) groups excluding carboxylic acids is 1. The lowest BCUT2D eigenvalue weighted by Crippen LogP contribution is -2.42.